The predicted octanol–water partition coefficient (Wildman–Crippen LogP) is 1.51. The SMILES string of the molecule is C=C(NC)c1ccc(C(N)(N)C(F)(F)F)cc1. The number of nitrogens with one attached hydrogen (secondary N) is 1. The molecule has 0 spiro atoms. The van der Waals surface area contributed by atoms with Gasteiger partial charge in [-0.05, 0) is 11.1 Å². The lowest BCUT2D eigenvalue weighted by Gasteiger charge is -2.27. The Kier molecular flexibility index (Phi) is 3.49. The van der Waals surface area contributed by atoms with Gasteiger partial charge in [-0.2, -0.15) is 13.2 Å². The van der Waals surface area contributed by atoms with Gasteiger partial charge in [-0.15, -0.1) is 0 Å². The third-order valence-electron chi connectivity index (χ3n) is 2.48. The van der Waals surface area contributed by atoms with Gasteiger partial charge in [0.15, 0.2) is 5.66 Å². The van der Waals surface area contributed by atoms with Gasteiger partial charge in [-0.25, -0.2) is 0 Å². The first-order valence-electron chi connectivity index (χ1n) is 4.82. The van der Waals surface area contributed by atoms with Crippen LogP contribution in [0.1, 0.15) is 11.1 Å². The monoisotopic (exact) mass is 245 g/mol. The molecule has 0 atom stereocenters. The van der Waals surface area contributed by atoms with Gasteiger partial charge in [0.05, 0.1) is 0 Å². The van der Waals surface area contributed by atoms with Crippen molar-refractivity contribution in [1.82, 2.24) is 5.32 Å². The summed E-state index contributed by atoms with van der Waals surface area (Å²) in [6.45, 7) is 3.69. The van der Waals surface area contributed by atoms with Crippen molar-refractivity contribution in [1.29, 1.82) is 0 Å². The second-order valence-electron chi connectivity index (χ2n) is 3.67. The fraction of sp³-hybridized carbons (Fsp3) is 0.273. The Labute approximate surface area is 97.3 Å². The van der Waals surface area contributed by atoms with E-state index in [2.05, 4.69) is 11.9 Å². The van der Waals surface area contributed by atoms with Crippen molar-refractivity contribution in [3.8, 4) is 0 Å². The molecular weight excluding hydrogens is 231 g/mol. The van der Waals surface area contributed by atoms with Crippen molar-refractivity contribution in [2.24, 2.45) is 11.5 Å². The molecule has 0 aliphatic carbocycles. The van der Waals surface area contributed by atoms with Crippen LogP contribution in [0.4, 0.5) is 13.2 Å². The van der Waals surface area contributed by atoms with Gasteiger partial charge in [0.2, 0.25) is 0 Å². The average Bonchev–Trinajstić information content (AvgIpc) is 2.26. The van der Waals surface area contributed by atoms with Crippen molar-refractivity contribution in [3.63, 3.8) is 0 Å². The Bertz CT molecular complexity index is 407. The largest absolute Gasteiger partial charge is 0.423 e. The van der Waals surface area contributed by atoms with Gasteiger partial charge >= 0.3 is 6.18 Å². The minimum absolute atomic E-state index is 0.197. The molecule has 0 fully saturated rings. The van der Waals surface area contributed by atoms with Crippen molar-refractivity contribution in [2.75, 3.05) is 7.05 Å². The third kappa shape index (κ3) is 2.59. The molecular formula is C11H14F3N3. The van der Waals surface area contributed by atoms with Crippen LogP contribution >= 0.6 is 0 Å². The van der Waals surface area contributed by atoms with E-state index < -0.39 is 11.8 Å². The first kappa shape index (κ1) is 13.5. The van der Waals surface area contributed by atoms with E-state index in [9.17, 15) is 13.2 Å². The van der Waals surface area contributed by atoms with E-state index in [4.69, 9.17) is 11.5 Å². The molecule has 0 saturated heterocycles. The third-order valence-corrected chi connectivity index (χ3v) is 2.48. The molecule has 5 N–H and O–H groups in total. The summed E-state index contributed by atoms with van der Waals surface area (Å²) in [5, 5.41) is 2.79. The molecule has 1 rings (SSSR count). The number of benzene rings is 1. The first-order valence-corrected chi connectivity index (χ1v) is 4.82. The zero-order chi connectivity index (χ0) is 13.3. The van der Waals surface area contributed by atoms with E-state index in [1.54, 1.807) is 7.05 Å². The molecule has 0 heterocycles. The number of rotatable bonds is 3. The first-order chi connectivity index (χ1) is 7.70. The summed E-state index contributed by atoms with van der Waals surface area (Å²) >= 11 is 0. The second-order valence-corrected chi connectivity index (χ2v) is 3.67. The number of alkyl halides is 3. The standard InChI is InChI=1S/C11H14F3N3/c1-7(17-2)8-3-5-9(6-4-8)10(15,16)11(12,13)14/h3-6,17H,1,15-16H2,2H3. The van der Waals surface area contributed by atoms with Crippen LogP contribution in [0.15, 0.2) is 30.8 Å². The molecule has 0 unspecified atom stereocenters. The van der Waals surface area contributed by atoms with Gasteiger partial charge in [0.25, 0.3) is 0 Å². The quantitative estimate of drug-likeness (QED) is 0.707. The molecule has 6 heteroatoms. The lowest BCUT2D eigenvalue weighted by Crippen LogP contribution is -2.57. The number of nitrogens with two attached hydrogens (primary N) is 2. The Morgan fingerprint density at radius 2 is 1.65 bits per heavy atom. The summed E-state index contributed by atoms with van der Waals surface area (Å²) in [6, 6.07) is 5.44. The normalized spacial score (nSPS) is 12.4. The zero-order valence-corrected chi connectivity index (χ0v) is 9.31. The Morgan fingerprint density at radius 1 is 1.18 bits per heavy atom. The van der Waals surface area contributed by atoms with Crippen LogP contribution in [0.5, 0.6) is 0 Å². The van der Waals surface area contributed by atoms with E-state index in [0.29, 0.717) is 11.3 Å². The Morgan fingerprint density at radius 3 is 2.00 bits per heavy atom. The average molecular weight is 245 g/mol. The lowest BCUT2D eigenvalue weighted by atomic mass is 9.99. The van der Waals surface area contributed by atoms with E-state index in [1.165, 1.54) is 24.3 Å². The topological polar surface area (TPSA) is 64.1 Å². The highest BCUT2D eigenvalue weighted by molar-refractivity contribution is 5.61. The maximum absolute atomic E-state index is 12.6. The summed E-state index contributed by atoms with van der Waals surface area (Å²) in [5.41, 5.74) is 8.42. The van der Waals surface area contributed by atoms with Crippen LogP contribution in [0.2, 0.25) is 0 Å². The van der Waals surface area contributed by atoms with Gasteiger partial charge in [-0.1, -0.05) is 30.8 Å². The van der Waals surface area contributed by atoms with Crippen molar-refractivity contribution < 1.29 is 13.2 Å². The molecule has 0 saturated carbocycles. The fourth-order valence-corrected chi connectivity index (χ4v) is 1.26. The zero-order valence-electron chi connectivity index (χ0n) is 9.31. The number of hydrogen-bond acceptors (Lipinski definition) is 3. The summed E-state index contributed by atoms with van der Waals surface area (Å²) in [6.07, 6.45) is -4.70. The van der Waals surface area contributed by atoms with Gasteiger partial charge < -0.3 is 16.8 Å². The van der Waals surface area contributed by atoms with Crippen LogP contribution in [0.25, 0.3) is 5.70 Å². The highest BCUT2D eigenvalue weighted by Gasteiger charge is 2.50. The van der Waals surface area contributed by atoms with Crippen LogP contribution < -0.4 is 16.8 Å². The Balaban J connectivity index is 3.07. The summed E-state index contributed by atoms with van der Waals surface area (Å²) < 4.78 is 37.7. The molecule has 0 aliphatic rings. The van der Waals surface area contributed by atoms with Crippen molar-refractivity contribution in [2.45, 2.75) is 11.8 Å². The summed E-state index contributed by atoms with van der Waals surface area (Å²) in [5.74, 6) is 0. The van der Waals surface area contributed by atoms with Gasteiger partial charge in [0.1, 0.15) is 0 Å². The maximum atomic E-state index is 12.6. The van der Waals surface area contributed by atoms with Crippen LogP contribution in [0.3, 0.4) is 0 Å². The summed E-state index contributed by atoms with van der Waals surface area (Å²) in [4.78, 5) is 0. The molecule has 17 heavy (non-hydrogen) atoms. The van der Waals surface area contributed by atoms with Crippen LogP contribution in [-0.4, -0.2) is 13.2 Å². The van der Waals surface area contributed by atoms with Crippen LogP contribution in [0, 0.1) is 0 Å². The highest BCUT2D eigenvalue weighted by Crippen LogP contribution is 2.32. The molecule has 94 valence electrons. The lowest BCUT2D eigenvalue weighted by molar-refractivity contribution is -0.188. The van der Waals surface area contributed by atoms with Gasteiger partial charge in [0, 0.05) is 12.7 Å². The second kappa shape index (κ2) is 4.38. The molecule has 0 amide bonds. The predicted molar refractivity (Wildman–Crippen MR) is 60.6 cm³/mol. The summed E-state index contributed by atoms with van der Waals surface area (Å²) in [7, 11) is 1.67. The molecule has 0 aliphatic heterocycles. The fourth-order valence-electron chi connectivity index (χ4n) is 1.26. The van der Waals surface area contributed by atoms with Crippen molar-refractivity contribution >= 4 is 5.70 Å². The number of halogens is 3. The molecule has 3 nitrogen and oxygen atoms in total. The Hall–Kier alpha value is -1.53. The van der Waals surface area contributed by atoms with Crippen LogP contribution in [-0.2, 0) is 5.66 Å². The molecule has 0 radical (unpaired) electrons. The molecule has 1 aromatic carbocycles. The smallest absolute Gasteiger partial charge is 0.388 e. The van der Waals surface area contributed by atoms with Crippen molar-refractivity contribution in [3.05, 3.63) is 42.0 Å². The molecule has 0 bridgehead atoms. The van der Waals surface area contributed by atoms with E-state index in [1.807, 2.05) is 0 Å². The number of hydrogen-bond donors (Lipinski definition) is 3. The van der Waals surface area contributed by atoms with Gasteiger partial charge in [-0.3, -0.25) is 0 Å². The van der Waals surface area contributed by atoms with E-state index in [0.717, 1.165) is 0 Å². The highest BCUT2D eigenvalue weighted by atomic mass is 19.4. The maximum Gasteiger partial charge on any atom is 0.423 e. The minimum atomic E-state index is -4.70. The van der Waals surface area contributed by atoms with E-state index in [-0.39, 0.29) is 5.56 Å². The molecule has 0 aromatic heterocycles. The molecule has 1 aromatic rings. The minimum Gasteiger partial charge on any atom is -0.388 e. The van der Waals surface area contributed by atoms with E-state index >= 15 is 0 Å².